The van der Waals surface area contributed by atoms with E-state index in [0.29, 0.717) is 31.4 Å². The van der Waals surface area contributed by atoms with Crippen molar-refractivity contribution in [2.24, 2.45) is 11.8 Å². The second kappa shape index (κ2) is 11.2. The fraction of sp³-hybridized carbons (Fsp3) is 0.556. The highest BCUT2D eigenvalue weighted by Crippen LogP contribution is 2.38. The molecule has 1 aliphatic carbocycles. The summed E-state index contributed by atoms with van der Waals surface area (Å²) in [7, 11) is 0. The largest absolute Gasteiger partial charge is 0.393 e. The summed E-state index contributed by atoms with van der Waals surface area (Å²) < 4.78 is 27.8. The Morgan fingerprint density at radius 1 is 1.22 bits per heavy atom. The van der Waals surface area contributed by atoms with Crippen LogP contribution in [-0.2, 0) is 0 Å². The summed E-state index contributed by atoms with van der Waals surface area (Å²) in [5.41, 5.74) is -0.0953. The van der Waals surface area contributed by atoms with E-state index < -0.39 is 24.0 Å². The van der Waals surface area contributed by atoms with Gasteiger partial charge < -0.3 is 15.5 Å². The van der Waals surface area contributed by atoms with Gasteiger partial charge in [-0.15, -0.1) is 5.10 Å². The molecule has 200 valence electrons. The minimum absolute atomic E-state index is 0.0445. The summed E-state index contributed by atoms with van der Waals surface area (Å²) in [5.74, 6) is -0.992. The van der Waals surface area contributed by atoms with E-state index >= 15 is 0 Å². The zero-order valence-corrected chi connectivity index (χ0v) is 21.4. The quantitative estimate of drug-likeness (QED) is 0.469. The second-order valence-corrected chi connectivity index (χ2v) is 10.7. The third-order valence-corrected chi connectivity index (χ3v) is 7.45. The Morgan fingerprint density at radius 2 is 1.95 bits per heavy atom. The molecule has 0 unspecified atom stereocenters. The van der Waals surface area contributed by atoms with Gasteiger partial charge in [-0.1, -0.05) is 43.7 Å². The number of alkyl halides is 2. The van der Waals surface area contributed by atoms with Crippen molar-refractivity contribution in [3.63, 3.8) is 0 Å². The maximum Gasteiger partial charge on any atom is 0.291 e. The number of hydrogen-bond acceptors (Lipinski definition) is 6. The highest BCUT2D eigenvalue weighted by Gasteiger charge is 2.37. The molecular weight excluding hydrogens is 480 g/mol. The van der Waals surface area contributed by atoms with Gasteiger partial charge in [0.05, 0.1) is 11.7 Å². The Kier molecular flexibility index (Phi) is 8.18. The Hall–Kier alpha value is -2.98. The smallest absolute Gasteiger partial charge is 0.291 e. The molecule has 0 bridgehead atoms. The van der Waals surface area contributed by atoms with Gasteiger partial charge in [0.1, 0.15) is 5.69 Å². The van der Waals surface area contributed by atoms with Crippen LogP contribution in [0.25, 0.3) is 5.78 Å². The van der Waals surface area contributed by atoms with Crippen molar-refractivity contribution in [2.45, 2.75) is 76.9 Å². The lowest BCUT2D eigenvalue weighted by molar-refractivity contribution is -0.0278. The molecule has 37 heavy (non-hydrogen) atoms. The van der Waals surface area contributed by atoms with Crippen LogP contribution in [0.1, 0.15) is 85.9 Å². The maximum absolute atomic E-state index is 13.4. The van der Waals surface area contributed by atoms with Gasteiger partial charge in [-0.05, 0) is 63.0 Å². The number of carbonyl (C=O) groups excluding carboxylic acids is 1. The highest BCUT2D eigenvalue weighted by atomic mass is 19.3. The minimum Gasteiger partial charge on any atom is -0.393 e. The first-order valence-electron chi connectivity index (χ1n) is 12.8. The van der Waals surface area contributed by atoms with Crippen LogP contribution in [0.4, 0.5) is 8.78 Å². The van der Waals surface area contributed by atoms with E-state index in [0.717, 1.165) is 16.5 Å². The number of aryl methyl sites for hydroxylation is 1. The van der Waals surface area contributed by atoms with Gasteiger partial charge in [0.25, 0.3) is 18.1 Å². The van der Waals surface area contributed by atoms with Gasteiger partial charge in [-0.3, -0.25) is 4.79 Å². The van der Waals surface area contributed by atoms with Crippen LogP contribution in [0.5, 0.6) is 0 Å². The molecule has 1 fully saturated rings. The Morgan fingerprint density at radius 3 is 2.65 bits per heavy atom. The first kappa shape index (κ1) is 27.1. The van der Waals surface area contributed by atoms with E-state index in [1.807, 2.05) is 30.3 Å². The van der Waals surface area contributed by atoms with E-state index in [4.69, 9.17) is 0 Å². The molecule has 1 saturated carbocycles. The average molecular weight is 516 g/mol. The molecule has 0 saturated heterocycles. The second-order valence-electron chi connectivity index (χ2n) is 10.7. The van der Waals surface area contributed by atoms with E-state index in [9.17, 15) is 23.8 Å². The van der Waals surface area contributed by atoms with Crippen molar-refractivity contribution in [1.82, 2.24) is 24.9 Å². The molecule has 0 spiro atoms. The molecule has 10 heteroatoms. The van der Waals surface area contributed by atoms with Gasteiger partial charge >= 0.3 is 0 Å². The Labute approximate surface area is 215 Å². The third-order valence-electron chi connectivity index (χ3n) is 7.45. The van der Waals surface area contributed by atoms with Crippen molar-refractivity contribution in [2.75, 3.05) is 6.54 Å². The summed E-state index contributed by atoms with van der Waals surface area (Å²) in [6.45, 7) is 5.61. The van der Waals surface area contributed by atoms with Crippen LogP contribution < -0.4 is 5.32 Å². The molecule has 1 amide bonds. The van der Waals surface area contributed by atoms with Crippen molar-refractivity contribution in [3.05, 3.63) is 59.2 Å². The van der Waals surface area contributed by atoms with Crippen LogP contribution in [-0.4, -0.2) is 54.0 Å². The number of aliphatic hydroxyl groups excluding tert-OH is 1. The SMILES string of the molecule is Cc1cc(C(F)F)n2nc(C(=O)NC[C@@H]3CC[C@@H](C)C[C@H](O)C[C@@H](c4ccccc4)C[C@@]3(C)O)nc2n1. The predicted octanol–water partition coefficient (Wildman–Crippen LogP) is 4.21. The van der Waals surface area contributed by atoms with Crippen LogP contribution in [0.3, 0.4) is 0 Å². The van der Waals surface area contributed by atoms with Gasteiger partial charge in [0.2, 0.25) is 5.82 Å². The number of aromatic nitrogens is 4. The Bertz CT molecular complexity index is 1220. The average Bonchev–Trinajstić information content (AvgIpc) is 3.26. The first-order valence-corrected chi connectivity index (χ1v) is 12.8. The van der Waals surface area contributed by atoms with E-state index in [2.05, 4.69) is 27.3 Å². The number of hydrogen-bond donors (Lipinski definition) is 3. The van der Waals surface area contributed by atoms with E-state index in [1.54, 1.807) is 13.8 Å². The van der Waals surface area contributed by atoms with Gasteiger partial charge in [-0.25, -0.2) is 13.8 Å². The van der Waals surface area contributed by atoms with Gasteiger partial charge in [-0.2, -0.15) is 9.50 Å². The van der Waals surface area contributed by atoms with E-state index in [-0.39, 0.29) is 41.6 Å². The number of nitrogens with one attached hydrogen (secondary N) is 1. The number of fused-ring (bicyclic) bond motifs is 1. The molecule has 8 nitrogen and oxygen atoms in total. The molecule has 3 aromatic rings. The van der Waals surface area contributed by atoms with Crippen molar-refractivity contribution >= 4 is 11.7 Å². The Balaban J connectivity index is 1.53. The summed E-state index contributed by atoms with van der Waals surface area (Å²) in [6.07, 6.45) is -0.158. The highest BCUT2D eigenvalue weighted by molar-refractivity contribution is 5.90. The summed E-state index contributed by atoms with van der Waals surface area (Å²) in [6, 6.07) is 11.1. The molecule has 1 aromatic carbocycles. The van der Waals surface area contributed by atoms with Crippen LogP contribution in [0.15, 0.2) is 36.4 Å². The van der Waals surface area contributed by atoms with Crippen LogP contribution in [0.2, 0.25) is 0 Å². The van der Waals surface area contributed by atoms with Crippen molar-refractivity contribution < 1.29 is 23.8 Å². The minimum atomic E-state index is -2.79. The van der Waals surface area contributed by atoms with Gasteiger partial charge in [0, 0.05) is 18.2 Å². The maximum atomic E-state index is 13.4. The number of amides is 1. The predicted molar refractivity (Wildman–Crippen MR) is 134 cm³/mol. The van der Waals surface area contributed by atoms with Crippen molar-refractivity contribution in [1.29, 1.82) is 0 Å². The fourth-order valence-electron chi connectivity index (χ4n) is 5.41. The molecule has 2 aromatic heterocycles. The third kappa shape index (κ3) is 6.48. The number of halogens is 2. The van der Waals surface area contributed by atoms with Crippen molar-refractivity contribution in [3.8, 4) is 0 Å². The van der Waals surface area contributed by atoms with E-state index in [1.165, 1.54) is 6.07 Å². The normalized spacial score (nSPS) is 27.4. The molecule has 2 heterocycles. The summed E-state index contributed by atoms with van der Waals surface area (Å²) in [5, 5.41) is 29.1. The van der Waals surface area contributed by atoms with Crippen LogP contribution >= 0.6 is 0 Å². The molecule has 3 N–H and O–H groups in total. The molecule has 1 aliphatic rings. The number of nitrogens with zero attached hydrogens (tertiary/aromatic N) is 4. The lowest BCUT2D eigenvalue weighted by Crippen LogP contribution is -2.44. The number of aliphatic hydroxyl groups is 2. The number of rotatable bonds is 5. The molecular formula is C27H35F2N5O3. The lowest BCUT2D eigenvalue weighted by atomic mass is 9.73. The zero-order valence-electron chi connectivity index (χ0n) is 21.4. The lowest BCUT2D eigenvalue weighted by Gasteiger charge is -2.38. The topological polar surface area (TPSA) is 113 Å². The molecule has 5 atom stereocenters. The van der Waals surface area contributed by atoms with Gasteiger partial charge in [0.15, 0.2) is 0 Å². The number of benzene rings is 1. The zero-order chi connectivity index (χ0) is 26.7. The monoisotopic (exact) mass is 515 g/mol. The summed E-state index contributed by atoms with van der Waals surface area (Å²) >= 11 is 0. The molecule has 4 rings (SSSR count). The molecule has 0 radical (unpaired) electrons. The number of carbonyl (C=O) groups is 1. The first-order chi connectivity index (χ1) is 17.5. The summed E-state index contributed by atoms with van der Waals surface area (Å²) in [4.78, 5) is 21.1. The van der Waals surface area contributed by atoms with Crippen LogP contribution in [0, 0.1) is 18.8 Å². The fourth-order valence-corrected chi connectivity index (χ4v) is 5.41. The standard InChI is InChI=1S/C27H35F2N5O3/c1-16-9-10-20(27(3,37)14-19(13-21(35)11-16)18-7-5-4-6-8-18)15-30-25(36)24-32-26-31-17(2)12-22(23(28)29)34(26)33-24/h4-8,12,16,19-21,23,35,37H,9-11,13-15H2,1-3H3,(H,30,36)/t16-,19-,20+,21+,27-/m1/s1. The molecule has 0 aliphatic heterocycles.